The van der Waals surface area contributed by atoms with Crippen molar-refractivity contribution in [2.45, 2.75) is 71.5 Å². The van der Waals surface area contributed by atoms with Crippen LogP contribution in [-0.4, -0.2) is 40.2 Å². The number of aliphatic hydroxyl groups excluding tert-OH is 1. The molecule has 4 aliphatic carbocycles. The molecule has 3 saturated carbocycles. The molecule has 0 heterocycles. The van der Waals surface area contributed by atoms with Gasteiger partial charge in [-0.05, 0) is 49.2 Å². The lowest BCUT2D eigenvalue weighted by Gasteiger charge is -2.60. The van der Waals surface area contributed by atoms with Gasteiger partial charge >= 0.3 is 5.97 Å². The summed E-state index contributed by atoms with van der Waals surface area (Å²) >= 11 is 6.03. The summed E-state index contributed by atoms with van der Waals surface area (Å²) in [6, 6.07) is 0. The van der Waals surface area contributed by atoms with Crippen molar-refractivity contribution in [1.82, 2.24) is 0 Å². The van der Waals surface area contributed by atoms with Gasteiger partial charge in [-0.25, -0.2) is 4.39 Å². The lowest BCUT2D eigenvalue weighted by Crippen LogP contribution is -2.64. The van der Waals surface area contributed by atoms with E-state index in [1.807, 2.05) is 20.8 Å². The first-order valence-corrected chi connectivity index (χ1v) is 12.1. The van der Waals surface area contributed by atoms with Crippen LogP contribution in [0.25, 0.3) is 0 Å². The minimum atomic E-state index is -1.39. The molecule has 0 radical (unpaired) electrons. The average Bonchev–Trinajstić information content (AvgIpc) is 2.97. The maximum absolute atomic E-state index is 14.8. The maximum atomic E-state index is 14.8. The van der Waals surface area contributed by atoms with Crippen molar-refractivity contribution in [3.8, 4) is 0 Å². The normalized spacial score (nSPS) is 45.2. The number of fused-ring (bicyclic) bond motifs is 5. The van der Waals surface area contributed by atoms with Crippen LogP contribution in [0.2, 0.25) is 0 Å². The van der Waals surface area contributed by atoms with Crippen molar-refractivity contribution < 1.29 is 28.6 Å². The molecule has 0 spiro atoms. The van der Waals surface area contributed by atoms with Gasteiger partial charge in [0.15, 0.2) is 17.2 Å². The van der Waals surface area contributed by atoms with Crippen LogP contribution in [0.4, 0.5) is 4.39 Å². The van der Waals surface area contributed by atoms with E-state index in [0.29, 0.717) is 24.8 Å². The van der Waals surface area contributed by atoms with Gasteiger partial charge in [0.25, 0.3) is 0 Å². The number of hydrogen-bond acceptors (Lipinski definition) is 5. The number of carbonyl (C=O) groups excluding carboxylic acids is 3. The number of esters is 1. The molecule has 8 atom stereocenters. The molecule has 32 heavy (non-hydrogen) atoms. The summed E-state index contributed by atoms with van der Waals surface area (Å²) in [7, 11) is 0. The van der Waals surface area contributed by atoms with Gasteiger partial charge in [-0.3, -0.25) is 14.4 Å². The van der Waals surface area contributed by atoms with E-state index in [2.05, 4.69) is 0 Å². The second-order valence-corrected chi connectivity index (χ2v) is 10.8. The van der Waals surface area contributed by atoms with Gasteiger partial charge in [-0.15, -0.1) is 11.6 Å². The van der Waals surface area contributed by atoms with Crippen molar-refractivity contribution in [2.24, 2.45) is 34.5 Å². The number of allylic oxidation sites excluding steroid dienone is 4. The van der Waals surface area contributed by atoms with Crippen molar-refractivity contribution in [3.05, 3.63) is 23.6 Å². The topological polar surface area (TPSA) is 80.7 Å². The Kier molecular flexibility index (Phi) is 5.73. The molecule has 4 rings (SSSR count). The van der Waals surface area contributed by atoms with Crippen LogP contribution in [0.3, 0.4) is 0 Å². The molecule has 0 aromatic carbocycles. The monoisotopic (exact) mass is 466 g/mol. The van der Waals surface area contributed by atoms with E-state index in [-0.39, 0.29) is 48.2 Å². The second kappa shape index (κ2) is 7.76. The Labute approximate surface area is 193 Å². The lowest BCUT2D eigenvalue weighted by atomic mass is 9.46. The third-order valence-electron chi connectivity index (χ3n) is 9.23. The van der Waals surface area contributed by atoms with E-state index in [9.17, 15) is 23.9 Å². The van der Waals surface area contributed by atoms with Crippen LogP contribution in [0, 0.1) is 34.5 Å². The summed E-state index contributed by atoms with van der Waals surface area (Å²) in [4.78, 5) is 37.7. The van der Waals surface area contributed by atoms with E-state index in [1.165, 1.54) is 6.08 Å². The molecule has 2 unspecified atom stereocenters. The van der Waals surface area contributed by atoms with Gasteiger partial charge in [0.05, 0.1) is 12.0 Å². The van der Waals surface area contributed by atoms with Crippen LogP contribution in [0.15, 0.2) is 23.6 Å². The molecule has 0 aromatic heterocycles. The Balaban J connectivity index is 1.81. The number of carbonyl (C=O) groups is 3. The van der Waals surface area contributed by atoms with Crippen molar-refractivity contribution in [2.75, 3.05) is 5.88 Å². The number of alkyl halides is 1. The zero-order valence-corrected chi connectivity index (χ0v) is 19.9. The van der Waals surface area contributed by atoms with Gasteiger partial charge in [-0.2, -0.15) is 0 Å². The summed E-state index contributed by atoms with van der Waals surface area (Å²) in [6.07, 6.45) is 4.27. The number of halogens is 2. The van der Waals surface area contributed by atoms with Crippen LogP contribution in [0.1, 0.15) is 59.8 Å². The summed E-state index contributed by atoms with van der Waals surface area (Å²) in [6.45, 7) is 7.46. The van der Waals surface area contributed by atoms with E-state index < -0.39 is 40.1 Å². The number of ether oxygens (including phenoxy) is 1. The van der Waals surface area contributed by atoms with E-state index in [1.54, 1.807) is 13.0 Å². The van der Waals surface area contributed by atoms with Crippen LogP contribution >= 0.6 is 11.6 Å². The Bertz CT molecular complexity index is 927. The standard InChI is InChI=1S/C25H32ClFO5/c1-5-20(31)32-25(19(30)12-26)13(2)10-16-14-6-7-15-22(27)17(28)8-9-23(15,3)21(14)18(29)11-24(16,25)4/h8-9,13-14,16,18,21,29H,5-7,10-12H2,1-4H3/t13?,14-,16-,18?,21+,23-,24-,25-/m0/s1. The van der Waals surface area contributed by atoms with Gasteiger partial charge in [0, 0.05) is 29.1 Å². The van der Waals surface area contributed by atoms with E-state index >= 15 is 0 Å². The third kappa shape index (κ3) is 2.87. The first kappa shape index (κ1) is 23.6. The van der Waals surface area contributed by atoms with Crippen LogP contribution < -0.4 is 0 Å². The summed E-state index contributed by atoms with van der Waals surface area (Å²) < 4.78 is 20.8. The van der Waals surface area contributed by atoms with Crippen LogP contribution in [-0.2, 0) is 19.1 Å². The highest BCUT2D eigenvalue weighted by Crippen LogP contribution is 2.69. The minimum Gasteiger partial charge on any atom is -0.450 e. The molecule has 5 nitrogen and oxygen atoms in total. The van der Waals surface area contributed by atoms with Crippen LogP contribution in [0.5, 0.6) is 0 Å². The number of ketones is 2. The van der Waals surface area contributed by atoms with Gasteiger partial charge in [0.2, 0.25) is 5.78 Å². The molecular formula is C25H32ClFO5. The molecule has 4 aliphatic rings. The number of rotatable bonds is 4. The highest BCUT2D eigenvalue weighted by molar-refractivity contribution is 6.29. The Hall–Kier alpha value is -1.53. The first-order valence-electron chi connectivity index (χ1n) is 11.6. The van der Waals surface area contributed by atoms with E-state index in [4.69, 9.17) is 16.3 Å². The number of hydrogen-bond donors (Lipinski definition) is 1. The Morgan fingerprint density at radius 3 is 2.66 bits per heavy atom. The molecule has 176 valence electrons. The maximum Gasteiger partial charge on any atom is 0.306 e. The fraction of sp³-hybridized carbons (Fsp3) is 0.720. The summed E-state index contributed by atoms with van der Waals surface area (Å²) in [5, 5.41) is 11.5. The molecule has 0 bridgehead atoms. The SMILES string of the molecule is CCC(=O)O[C@]1(C(=O)CCl)C(C)C[C@H]2[C@@H]3CCC4=C(F)C(=O)C=C[C@]4(C)[C@H]3C(O)C[C@@]21C. The van der Waals surface area contributed by atoms with E-state index in [0.717, 1.165) is 0 Å². The van der Waals surface area contributed by atoms with Gasteiger partial charge in [-0.1, -0.05) is 33.8 Å². The molecule has 0 amide bonds. The Morgan fingerprint density at radius 1 is 1.34 bits per heavy atom. The largest absolute Gasteiger partial charge is 0.450 e. The number of Topliss-reactive ketones (excluding diaryl/α,β-unsaturated/α-hetero) is 1. The molecular weight excluding hydrogens is 435 g/mol. The predicted molar refractivity (Wildman–Crippen MR) is 117 cm³/mol. The van der Waals surface area contributed by atoms with Crippen molar-refractivity contribution in [1.29, 1.82) is 0 Å². The lowest BCUT2D eigenvalue weighted by molar-refractivity contribution is -0.202. The van der Waals surface area contributed by atoms with Crippen molar-refractivity contribution >= 4 is 29.1 Å². The fourth-order valence-corrected chi connectivity index (χ4v) is 8.14. The fourth-order valence-electron chi connectivity index (χ4n) is 7.95. The molecule has 7 heteroatoms. The summed E-state index contributed by atoms with van der Waals surface area (Å²) in [5.74, 6) is -2.90. The quantitative estimate of drug-likeness (QED) is 0.493. The zero-order chi connectivity index (χ0) is 23.6. The van der Waals surface area contributed by atoms with Crippen molar-refractivity contribution in [3.63, 3.8) is 0 Å². The second-order valence-electron chi connectivity index (χ2n) is 10.6. The zero-order valence-electron chi connectivity index (χ0n) is 19.1. The predicted octanol–water partition coefficient (Wildman–Crippen LogP) is 4.31. The summed E-state index contributed by atoms with van der Waals surface area (Å²) in [5.41, 5.74) is -2.46. The molecule has 0 saturated heterocycles. The van der Waals surface area contributed by atoms with Gasteiger partial charge in [0.1, 0.15) is 0 Å². The minimum absolute atomic E-state index is 0.00377. The molecule has 0 aromatic rings. The molecule has 3 fully saturated rings. The first-order chi connectivity index (χ1) is 15.0. The number of aliphatic hydroxyl groups is 1. The molecule has 1 N–H and O–H groups in total. The van der Waals surface area contributed by atoms with Gasteiger partial charge < -0.3 is 9.84 Å². The highest BCUT2D eigenvalue weighted by Gasteiger charge is 2.72. The molecule has 0 aliphatic heterocycles. The average molecular weight is 467 g/mol. The highest BCUT2D eigenvalue weighted by atomic mass is 35.5. The Morgan fingerprint density at radius 2 is 2.03 bits per heavy atom. The third-order valence-corrected chi connectivity index (χ3v) is 9.47. The smallest absolute Gasteiger partial charge is 0.306 e.